The maximum atomic E-state index is 13.7. The van der Waals surface area contributed by atoms with Gasteiger partial charge in [-0.15, -0.1) is 16.2 Å². The Balaban J connectivity index is 1.82. The van der Waals surface area contributed by atoms with Gasteiger partial charge in [-0.05, 0) is 44.4 Å². The summed E-state index contributed by atoms with van der Waals surface area (Å²) in [5.41, 5.74) is 0.550. The van der Waals surface area contributed by atoms with Crippen molar-refractivity contribution < 1.29 is 18.7 Å². The summed E-state index contributed by atoms with van der Waals surface area (Å²) in [6, 6.07) is 7.68. The van der Waals surface area contributed by atoms with Crippen LogP contribution in [0.5, 0.6) is 5.75 Å². The van der Waals surface area contributed by atoms with Crippen LogP contribution in [0.25, 0.3) is 10.8 Å². The van der Waals surface area contributed by atoms with E-state index in [4.69, 9.17) is 9.15 Å². The molecule has 10 heteroatoms. The fourth-order valence-corrected chi connectivity index (χ4v) is 5.39. The molecule has 0 fully saturated rings. The Kier molecular flexibility index (Phi) is 6.09. The SMILES string of the molecule is C=C1N(CCc2ccccc2OC)c2sc(-c3ncco3)c(C)c2C(=O)N1C(C)(C)C(=O)N=O. The molecular weight excluding hydrogens is 456 g/mol. The number of carbonyl (C=O) groups is 2. The Bertz CT molecular complexity index is 1280. The number of nitrogens with zero attached hydrogens (tertiary/aromatic N) is 4. The molecule has 3 heterocycles. The van der Waals surface area contributed by atoms with Crippen LogP contribution in [0.1, 0.15) is 35.3 Å². The lowest BCUT2D eigenvalue weighted by Crippen LogP contribution is -2.57. The number of para-hydroxylation sites is 1. The topological polar surface area (TPSA) is 105 Å². The minimum atomic E-state index is -1.52. The summed E-state index contributed by atoms with van der Waals surface area (Å²) >= 11 is 1.37. The molecule has 4 rings (SSSR count). The summed E-state index contributed by atoms with van der Waals surface area (Å²) in [6.45, 7) is 9.36. The van der Waals surface area contributed by atoms with E-state index in [1.54, 1.807) is 7.11 Å². The predicted molar refractivity (Wildman–Crippen MR) is 129 cm³/mol. The Morgan fingerprint density at radius 2 is 2.06 bits per heavy atom. The number of oxazole rings is 1. The van der Waals surface area contributed by atoms with E-state index in [2.05, 4.69) is 16.7 Å². The first-order valence-corrected chi connectivity index (χ1v) is 11.4. The zero-order valence-electron chi connectivity index (χ0n) is 19.3. The maximum absolute atomic E-state index is 13.7. The summed E-state index contributed by atoms with van der Waals surface area (Å²) in [5.74, 6) is 0.0471. The normalized spacial score (nSPS) is 13.8. The van der Waals surface area contributed by atoms with Crippen LogP contribution in [0.15, 0.2) is 58.7 Å². The fraction of sp³-hybridized carbons (Fsp3) is 0.292. The zero-order valence-corrected chi connectivity index (χ0v) is 20.1. The van der Waals surface area contributed by atoms with Crippen LogP contribution >= 0.6 is 11.3 Å². The van der Waals surface area contributed by atoms with Crippen molar-refractivity contribution in [1.82, 2.24) is 9.88 Å². The Hall–Kier alpha value is -3.79. The lowest BCUT2D eigenvalue weighted by Gasteiger charge is -2.44. The molecular formula is C24H24N4O5S. The van der Waals surface area contributed by atoms with Gasteiger partial charge < -0.3 is 14.1 Å². The van der Waals surface area contributed by atoms with Crippen LogP contribution in [0.2, 0.25) is 0 Å². The third-order valence-electron chi connectivity index (χ3n) is 5.95. The molecule has 176 valence electrons. The van der Waals surface area contributed by atoms with Gasteiger partial charge in [0.15, 0.2) is 0 Å². The van der Waals surface area contributed by atoms with Crippen molar-refractivity contribution in [2.45, 2.75) is 32.7 Å². The van der Waals surface area contributed by atoms with Crippen molar-refractivity contribution >= 4 is 28.2 Å². The Labute approximate surface area is 200 Å². The summed E-state index contributed by atoms with van der Waals surface area (Å²) in [6.07, 6.45) is 3.59. The molecule has 0 saturated carbocycles. The van der Waals surface area contributed by atoms with E-state index in [1.807, 2.05) is 36.1 Å². The highest BCUT2D eigenvalue weighted by Gasteiger charge is 2.47. The number of methoxy groups -OCH3 is 1. The van der Waals surface area contributed by atoms with Gasteiger partial charge in [-0.25, -0.2) is 4.98 Å². The van der Waals surface area contributed by atoms with Gasteiger partial charge in [-0.3, -0.25) is 14.5 Å². The van der Waals surface area contributed by atoms with Crippen LogP contribution in [0.4, 0.5) is 5.00 Å². The third kappa shape index (κ3) is 3.69. The molecule has 0 unspecified atom stereocenters. The number of carbonyl (C=O) groups excluding carboxylic acids is 2. The molecule has 0 atom stereocenters. The first kappa shape index (κ1) is 23.4. The van der Waals surface area contributed by atoms with Gasteiger partial charge in [0.05, 0.1) is 23.7 Å². The standard InChI is InChI=1S/C24H24N4O5S/c1-14-18-21(29)28(24(3,4)23(30)26-31)15(2)27(12-10-16-8-6-7-9-17(16)32-5)22(18)34-19(14)20-25-11-13-33-20/h6-9,11,13H,2,10,12H2,1,3-5H3. The van der Waals surface area contributed by atoms with Gasteiger partial charge >= 0.3 is 5.91 Å². The number of amides is 2. The number of ether oxygens (including phenoxy) is 1. The molecule has 1 aromatic carbocycles. The lowest BCUT2D eigenvalue weighted by atomic mass is 9.97. The number of hydrogen-bond acceptors (Lipinski definition) is 8. The second-order valence-corrected chi connectivity index (χ2v) is 9.30. The monoisotopic (exact) mass is 480 g/mol. The lowest BCUT2D eigenvalue weighted by molar-refractivity contribution is -0.126. The number of rotatable bonds is 7. The second-order valence-electron chi connectivity index (χ2n) is 8.30. The van der Waals surface area contributed by atoms with E-state index in [0.717, 1.165) is 11.3 Å². The van der Waals surface area contributed by atoms with E-state index < -0.39 is 17.4 Å². The number of thiophene rings is 1. The summed E-state index contributed by atoms with van der Waals surface area (Å²) in [4.78, 5) is 45.3. The molecule has 3 aromatic rings. The summed E-state index contributed by atoms with van der Waals surface area (Å²) in [7, 11) is 1.61. The van der Waals surface area contributed by atoms with Gasteiger partial charge in [0.1, 0.15) is 28.4 Å². The molecule has 0 aliphatic carbocycles. The zero-order chi connectivity index (χ0) is 24.6. The van der Waals surface area contributed by atoms with Crippen LogP contribution in [-0.2, 0) is 11.2 Å². The molecule has 1 aliphatic rings. The largest absolute Gasteiger partial charge is 0.496 e. The first-order valence-electron chi connectivity index (χ1n) is 10.6. The highest BCUT2D eigenvalue weighted by atomic mass is 32.1. The number of nitroso groups, excluding NO2 is 1. The van der Waals surface area contributed by atoms with Crippen molar-refractivity contribution in [3.05, 3.63) is 70.7 Å². The van der Waals surface area contributed by atoms with E-state index >= 15 is 0 Å². The molecule has 1 aliphatic heterocycles. The molecule has 0 radical (unpaired) electrons. The number of anilines is 1. The van der Waals surface area contributed by atoms with Crippen molar-refractivity contribution in [3.8, 4) is 16.5 Å². The smallest absolute Gasteiger partial charge is 0.311 e. The number of aromatic nitrogens is 1. The van der Waals surface area contributed by atoms with Gasteiger partial charge in [0.2, 0.25) is 5.89 Å². The van der Waals surface area contributed by atoms with Crippen LogP contribution in [0, 0.1) is 11.8 Å². The third-order valence-corrected chi connectivity index (χ3v) is 7.25. The molecule has 9 nitrogen and oxygen atoms in total. The fourth-order valence-electron chi connectivity index (χ4n) is 4.10. The molecule has 0 saturated heterocycles. The Morgan fingerprint density at radius 3 is 2.71 bits per heavy atom. The van der Waals surface area contributed by atoms with Crippen molar-refractivity contribution in [2.75, 3.05) is 18.6 Å². The van der Waals surface area contributed by atoms with Crippen LogP contribution < -0.4 is 9.64 Å². The quantitative estimate of drug-likeness (QED) is 0.449. The predicted octanol–water partition coefficient (Wildman–Crippen LogP) is 4.77. The summed E-state index contributed by atoms with van der Waals surface area (Å²) < 4.78 is 11.0. The maximum Gasteiger partial charge on any atom is 0.311 e. The van der Waals surface area contributed by atoms with Gasteiger partial charge in [0, 0.05) is 11.7 Å². The van der Waals surface area contributed by atoms with Gasteiger partial charge in [0.25, 0.3) is 5.91 Å². The van der Waals surface area contributed by atoms with Crippen molar-refractivity contribution in [1.29, 1.82) is 0 Å². The average Bonchev–Trinajstić information content (AvgIpc) is 3.46. The number of hydrogen-bond donors (Lipinski definition) is 0. The minimum absolute atomic E-state index is 0.287. The molecule has 0 N–H and O–H groups in total. The molecule has 0 spiro atoms. The van der Waals surface area contributed by atoms with Crippen molar-refractivity contribution in [2.24, 2.45) is 5.18 Å². The number of fused-ring (bicyclic) bond motifs is 1. The second kappa shape index (κ2) is 8.86. The highest BCUT2D eigenvalue weighted by Crippen LogP contribution is 2.47. The average molecular weight is 481 g/mol. The summed E-state index contributed by atoms with van der Waals surface area (Å²) in [5, 5.41) is 3.26. The molecule has 34 heavy (non-hydrogen) atoms. The van der Waals surface area contributed by atoms with Gasteiger partial charge in [-0.2, -0.15) is 0 Å². The minimum Gasteiger partial charge on any atom is -0.496 e. The van der Waals surface area contributed by atoms with Crippen LogP contribution in [-0.4, -0.2) is 40.9 Å². The molecule has 0 bridgehead atoms. The van der Waals surface area contributed by atoms with E-state index in [-0.39, 0.29) is 5.82 Å². The van der Waals surface area contributed by atoms with Gasteiger partial charge in [-0.1, -0.05) is 24.8 Å². The first-order chi connectivity index (χ1) is 16.2. The van der Waals surface area contributed by atoms with E-state index in [1.165, 1.54) is 42.5 Å². The van der Waals surface area contributed by atoms with E-state index in [9.17, 15) is 14.5 Å². The molecule has 2 aromatic heterocycles. The van der Waals surface area contributed by atoms with Crippen molar-refractivity contribution in [3.63, 3.8) is 0 Å². The van der Waals surface area contributed by atoms with Crippen LogP contribution in [0.3, 0.4) is 0 Å². The molecule has 2 amide bonds. The Morgan fingerprint density at radius 1 is 1.32 bits per heavy atom. The highest BCUT2D eigenvalue weighted by molar-refractivity contribution is 7.20. The van der Waals surface area contributed by atoms with E-state index in [0.29, 0.717) is 39.9 Å². The number of benzene rings is 1.